The van der Waals surface area contributed by atoms with Crippen molar-refractivity contribution in [3.05, 3.63) is 47.5 Å². The van der Waals surface area contributed by atoms with E-state index in [1.165, 1.54) is 50.7 Å². The topological polar surface area (TPSA) is 110 Å². The van der Waals surface area contributed by atoms with Crippen LogP contribution in [0.1, 0.15) is 104 Å². The Morgan fingerprint density at radius 1 is 0.938 bits per heavy atom. The third-order valence-electron chi connectivity index (χ3n) is 5.27. The van der Waals surface area contributed by atoms with Crippen molar-refractivity contribution in [3.8, 4) is 0 Å². The molecule has 0 spiro atoms. The van der Waals surface area contributed by atoms with Crippen molar-refractivity contribution in [2.45, 2.75) is 77.2 Å². The highest BCUT2D eigenvalue weighted by Crippen LogP contribution is 2.29. The molecule has 0 aliphatic rings. The average molecular weight is 449 g/mol. The van der Waals surface area contributed by atoms with Crippen molar-refractivity contribution in [3.63, 3.8) is 0 Å². The molecule has 2 N–H and O–H groups in total. The van der Waals surface area contributed by atoms with Gasteiger partial charge in [-0.05, 0) is 18.1 Å². The van der Waals surface area contributed by atoms with E-state index in [9.17, 15) is 24.6 Å². The van der Waals surface area contributed by atoms with E-state index in [1.54, 1.807) is 6.07 Å². The molecule has 0 saturated carbocycles. The number of rotatable bonds is 18. The summed E-state index contributed by atoms with van der Waals surface area (Å²) in [4.78, 5) is 34.6. The van der Waals surface area contributed by atoms with Gasteiger partial charge in [0.25, 0.3) is 0 Å². The van der Waals surface area contributed by atoms with Crippen molar-refractivity contribution in [1.82, 2.24) is 0 Å². The summed E-state index contributed by atoms with van der Waals surface area (Å²) >= 11 is 0. The number of ether oxygens (including phenoxy) is 2. The summed E-state index contributed by atoms with van der Waals surface area (Å²) < 4.78 is 10.8. The lowest BCUT2D eigenvalue weighted by Crippen LogP contribution is -2.17. The minimum atomic E-state index is -1.31. The molecule has 7 nitrogen and oxygen atoms in total. The smallest absolute Gasteiger partial charge is 0.336 e. The Balaban J connectivity index is 2.76. The zero-order valence-electron chi connectivity index (χ0n) is 19.0. The summed E-state index contributed by atoms with van der Waals surface area (Å²) in [6.45, 7) is 5.59. The SMILES string of the molecule is C=CC(=O)OCCOC(CCCCCCCCCCC)c1cccc(C(=O)O)c1C(=O)O. The summed E-state index contributed by atoms with van der Waals surface area (Å²) in [7, 11) is 0. The summed E-state index contributed by atoms with van der Waals surface area (Å²) in [6, 6.07) is 4.39. The average Bonchev–Trinajstić information content (AvgIpc) is 2.78. The number of esters is 1. The number of carbonyl (C=O) groups is 3. The summed E-state index contributed by atoms with van der Waals surface area (Å²) in [5.41, 5.74) is -0.204. The Kier molecular flexibility index (Phi) is 13.7. The van der Waals surface area contributed by atoms with E-state index in [-0.39, 0.29) is 24.3 Å². The molecule has 0 aliphatic carbocycles. The number of carbonyl (C=O) groups excluding carboxylic acids is 1. The Hall–Kier alpha value is -2.67. The predicted octanol–water partition coefficient (Wildman–Crippen LogP) is 5.79. The van der Waals surface area contributed by atoms with Gasteiger partial charge in [-0.3, -0.25) is 0 Å². The van der Waals surface area contributed by atoms with E-state index in [2.05, 4.69) is 13.5 Å². The molecule has 0 aliphatic heterocycles. The van der Waals surface area contributed by atoms with Gasteiger partial charge in [-0.15, -0.1) is 0 Å². The van der Waals surface area contributed by atoms with Gasteiger partial charge < -0.3 is 19.7 Å². The van der Waals surface area contributed by atoms with E-state index in [4.69, 9.17) is 9.47 Å². The fourth-order valence-electron chi connectivity index (χ4n) is 3.62. The second-order valence-corrected chi connectivity index (χ2v) is 7.73. The minimum Gasteiger partial charge on any atom is -0.478 e. The van der Waals surface area contributed by atoms with Gasteiger partial charge in [0.2, 0.25) is 0 Å². The highest BCUT2D eigenvalue weighted by Gasteiger charge is 2.25. The molecule has 178 valence electrons. The number of hydrogen-bond donors (Lipinski definition) is 2. The van der Waals surface area contributed by atoms with Crippen LogP contribution in [0.4, 0.5) is 0 Å². The maximum atomic E-state index is 11.8. The second kappa shape index (κ2) is 16.0. The minimum absolute atomic E-state index is 0.000138. The first-order valence-corrected chi connectivity index (χ1v) is 11.4. The number of hydrogen-bond acceptors (Lipinski definition) is 5. The van der Waals surface area contributed by atoms with Gasteiger partial charge >= 0.3 is 17.9 Å². The van der Waals surface area contributed by atoms with Crippen LogP contribution in [0.2, 0.25) is 0 Å². The fourth-order valence-corrected chi connectivity index (χ4v) is 3.62. The molecule has 0 heterocycles. The molecule has 0 radical (unpaired) electrons. The molecule has 1 rings (SSSR count). The van der Waals surface area contributed by atoms with Gasteiger partial charge in [0.15, 0.2) is 0 Å². The van der Waals surface area contributed by atoms with Gasteiger partial charge in [-0.2, -0.15) is 0 Å². The normalized spacial score (nSPS) is 11.7. The number of benzene rings is 1. The molecule has 32 heavy (non-hydrogen) atoms. The quantitative estimate of drug-likeness (QED) is 0.166. The first-order valence-electron chi connectivity index (χ1n) is 11.4. The summed E-state index contributed by atoms with van der Waals surface area (Å²) in [5, 5.41) is 19.1. The van der Waals surface area contributed by atoms with Crippen LogP contribution in [0.15, 0.2) is 30.9 Å². The van der Waals surface area contributed by atoms with E-state index in [1.807, 2.05) is 0 Å². The maximum Gasteiger partial charge on any atom is 0.336 e. The molecule has 0 bridgehead atoms. The number of unbranched alkanes of at least 4 members (excludes halogenated alkanes) is 8. The Morgan fingerprint density at radius 3 is 2.12 bits per heavy atom. The molecule has 1 unspecified atom stereocenters. The molecular formula is C25H36O7. The third kappa shape index (κ3) is 10.1. The van der Waals surface area contributed by atoms with Gasteiger partial charge in [0.05, 0.1) is 23.8 Å². The molecule has 0 fully saturated rings. The van der Waals surface area contributed by atoms with Crippen molar-refractivity contribution >= 4 is 17.9 Å². The highest BCUT2D eigenvalue weighted by molar-refractivity contribution is 6.02. The largest absolute Gasteiger partial charge is 0.478 e. The van der Waals surface area contributed by atoms with Crippen LogP contribution in [0, 0.1) is 0 Å². The van der Waals surface area contributed by atoms with Crippen LogP contribution in [0.3, 0.4) is 0 Å². The van der Waals surface area contributed by atoms with Crippen LogP contribution in [0.5, 0.6) is 0 Å². The Morgan fingerprint density at radius 2 is 1.56 bits per heavy atom. The van der Waals surface area contributed by atoms with Crippen molar-refractivity contribution in [2.24, 2.45) is 0 Å². The maximum absolute atomic E-state index is 11.8. The van der Waals surface area contributed by atoms with E-state index in [0.29, 0.717) is 12.0 Å². The number of aromatic carboxylic acids is 2. The highest BCUT2D eigenvalue weighted by atomic mass is 16.6. The lowest BCUT2D eigenvalue weighted by atomic mass is 9.94. The molecule has 1 atom stereocenters. The molecule has 1 aromatic carbocycles. The first kappa shape index (κ1) is 27.4. The Labute approximate surface area is 190 Å². The van der Waals surface area contributed by atoms with Gasteiger partial charge in [0, 0.05) is 6.08 Å². The van der Waals surface area contributed by atoms with Crippen molar-refractivity contribution < 1.29 is 34.1 Å². The van der Waals surface area contributed by atoms with Crippen molar-refractivity contribution in [1.29, 1.82) is 0 Å². The standard InChI is InChI=1S/C25H36O7/c1-3-5-6-7-8-9-10-11-12-16-21(31-17-18-32-22(26)4-2)19-14-13-15-20(24(27)28)23(19)25(29)30/h4,13-15,21H,2-3,5-12,16-18H2,1H3,(H,27,28)(H,29,30). The fraction of sp³-hybridized carbons (Fsp3) is 0.560. The van der Waals surface area contributed by atoms with Crippen LogP contribution in [-0.4, -0.2) is 41.3 Å². The predicted molar refractivity (Wildman–Crippen MR) is 122 cm³/mol. The van der Waals surface area contributed by atoms with Crippen LogP contribution < -0.4 is 0 Å². The van der Waals surface area contributed by atoms with E-state index in [0.717, 1.165) is 25.3 Å². The first-order chi connectivity index (χ1) is 15.4. The Bertz CT molecular complexity index is 742. The van der Waals surface area contributed by atoms with Gasteiger partial charge in [0.1, 0.15) is 6.61 Å². The third-order valence-corrected chi connectivity index (χ3v) is 5.27. The van der Waals surface area contributed by atoms with Crippen molar-refractivity contribution in [2.75, 3.05) is 13.2 Å². The second-order valence-electron chi connectivity index (χ2n) is 7.73. The molecule has 0 aromatic heterocycles. The lowest BCUT2D eigenvalue weighted by Gasteiger charge is -2.21. The monoisotopic (exact) mass is 448 g/mol. The summed E-state index contributed by atoms with van der Waals surface area (Å²) in [6.07, 6.45) is 11.3. The van der Waals surface area contributed by atoms with Crippen LogP contribution in [0.25, 0.3) is 0 Å². The van der Waals surface area contributed by atoms with Crippen LogP contribution >= 0.6 is 0 Å². The summed E-state index contributed by atoms with van der Waals surface area (Å²) in [5.74, 6) is -3.18. The zero-order valence-corrected chi connectivity index (χ0v) is 19.0. The van der Waals surface area contributed by atoms with Gasteiger partial charge in [-0.25, -0.2) is 14.4 Å². The number of carboxylic acids is 2. The van der Waals surface area contributed by atoms with E-state index < -0.39 is 24.0 Å². The lowest BCUT2D eigenvalue weighted by molar-refractivity contribution is -0.140. The molecule has 0 saturated heterocycles. The number of carboxylic acid groups (broad SMARTS) is 2. The molecular weight excluding hydrogens is 412 g/mol. The van der Waals surface area contributed by atoms with E-state index >= 15 is 0 Å². The van der Waals surface area contributed by atoms with Crippen LogP contribution in [-0.2, 0) is 14.3 Å². The molecule has 0 amide bonds. The molecule has 7 heteroatoms. The van der Waals surface area contributed by atoms with Gasteiger partial charge in [-0.1, -0.05) is 83.4 Å². The zero-order chi connectivity index (χ0) is 23.8. The molecule has 1 aromatic rings.